The van der Waals surface area contributed by atoms with E-state index in [4.69, 9.17) is 10.00 Å². The number of nitriles is 1. The van der Waals surface area contributed by atoms with Gasteiger partial charge in [-0.2, -0.15) is 5.26 Å². The predicted molar refractivity (Wildman–Crippen MR) is 73.0 cm³/mol. The second kappa shape index (κ2) is 6.95. The molecule has 104 valence electrons. The minimum absolute atomic E-state index is 0.0728. The molecule has 6 heteroatoms. The Morgan fingerprint density at radius 1 is 1.30 bits per heavy atom. The second-order valence-electron chi connectivity index (χ2n) is 3.84. The van der Waals surface area contributed by atoms with E-state index < -0.39 is 11.9 Å². The van der Waals surface area contributed by atoms with Gasteiger partial charge in [-0.3, -0.25) is 0 Å². The number of benzene rings is 1. The van der Waals surface area contributed by atoms with Gasteiger partial charge in [0.25, 0.3) is 5.90 Å². The molecule has 0 radical (unpaired) electrons. The van der Waals surface area contributed by atoms with Gasteiger partial charge in [0.2, 0.25) is 0 Å². The van der Waals surface area contributed by atoms with Crippen molar-refractivity contribution < 1.29 is 19.5 Å². The zero-order valence-corrected chi connectivity index (χ0v) is 11.4. The van der Waals surface area contributed by atoms with Crippen molar-refractivity contribution in [1.29, 1.82) is 5.26 Å². The largest absolute Gasteiger partial charge is 0.497 e. The predicted octanol–water partition coefficient (Wildman–Crippen LogP) is 2.43. The molecule has 0 saturated carbocycles. The maximum atomic E-state index is 10.6. The van der Waals surface area contributed by atoms with Crippen LogP contribution in [0.3, 0.4) is 0 Å². The number of methoxy groups -OCH3 is 1. The lowest BCUT2D eigenvalue weighted by Crippen LogP contribution is -2.05. The van der Waals surface area contributed by atoms with Crippen molar-refractivity contribution in [2.24, 2.45) is 5.16 Å². The fourth-order valence-corrected chi connectivity index (χ4v) is 1.44. The first kappa shape index (κ1) is 15.2. The molecule has 0 atom stereocenters. The standard InChI is InChI=1S/C14H14N2O4/c1-9(11-4-6-12(19-3)7-5-11)13(8-15)14(18)16-20-10(2)17/h4-7H,1-3H3,(H,16,18). The van der Waals surface area contributed by atoms with Crippen LogP contribution < -0.4 is 4.74 Å². The average Bonchev–Trinajstić information content (AvgIpc) is 2.45. The summed E-state index contributed by atoms with van der Waals surface area (Å²) in [7, 11) is 1.55. The molecule has 0 saturated heterocycles. The molecule has 0 aliphatic heterocycles. The van der Waals surface area contributed by atoms with Gasteiger partial charge in [-0.15, -0.1) is 0 Å². The monoisotopic (exact) mass is 274 g/mol. The molecule has 0 fully saturated rings. The van der Waals surface area contributed by atoms with Crippen LogP contribution in [0.1, 0.15) is 19.4 Å². The summed E-state index contributed by atoms with van der Waals surface area (Å²) in [6.07, 6.45) is 0. The molecule has 1 N–H and O–H groups in total. The zero-order valence-electron chi connectivity index (χ0n) is 11.4. The summed E-state index contributed by atoms with van der Waals surface area (Å²) in [5.74, 6) is -0.648. The third-order valence-corrected chi connectivity index (χ3v) is 2.49. The normalized spacial score (nSPS) is 12.2. The molecule has 0 aromatic heterocycles. The lowest BCUT2D eigenvalue weighted by molar-refractivity contribution is -0.141. The van der Waals surface area contributed by atoms with E-state index in [2.05, 4.69) is 9.99 Å². The Bertz CT molecular complexity index is 595. The minimum Gasteiger partial charge on any atom is -0.497 e. The number of aliphatic hydroxyl groups is 1. The topological polar surface area (TPSA) is 91.9 Å². The van der Waals surface area contributed by atoms with E-state index in [1.54, 1.807) is 38.3 Å². The van der Waals surface area contributed by atoms with Gasteiger partial charge in [0.15, 0.2) is 0 Å². The summed E-state index contributed by atoms with van der Waals surface area (Å²) in [6, 6.07) is 8.77. The number of nitrogens with zero attached hydrogens (tertiary/aromatic N) is 2. The van der Waals surface area contributed by atoms with Crippen LogP contribution in [0.25, 0.3) is 5.57 Å². The molecule has 1 aromatic rings. The first-order valence-corrected chi connectivity index (χ1v) is 5.70. The van der Waals surface area contributed by atoms with Crippen LogP contribution in [-0.2, 0) is 9.63 Å². The smallest absolute Gasteiger partial charge is 0.332 e. The van der Waals surface area contributed by atoms with Crippen LogP contribution in [0.5, 0.6) is 5.75 Å². The Labute approximate surface area is 116 Å². The third-order valence-electron chi connectivity index (χ3n) is 2.49. The fourth-order valence-electron chi connectivity index (χ4n) is 1.44. The van der Waals surface area contributed by atoms with E-state index in [9.17, 15) is 9.90 Å². The van der Waals surface area contributed by atoms with Gasteiger partial charge in [-0.05, 0) is 35.3 Å². The number of ether oxygens (including phenoxy) is 1. The van der Waals surface area contributed by atoms with Crippen molar-refractivity contribution in [1.82, 2.24) is 0 Å². The third kappa shape index (κ3) is 3.85. The van der Waals surface area contributed by atoms with E-state index in [1.807, 2.05) is 6.07 Å². The maximum absolute atomic E-state index is 10.6. The number of hydrogen-bond acceptors (Lipinski definition) is 5. The van der Waals surface area contributed by atoms with Crippen LogP contribution in [0.2, 0.25) is 0 Å². The van der Waals surface area contributed by atoms with Crippen molar-refractivity contribution in [2.75, 3.05) is 7.11 Å². The molecule has 0 bridgehead atoms. The average molecular weight is 274 g/mol. The summed E-state index contributed by atoms with van der Waals surface area (Å²) in [4.78, 5) is 14.9. The van der Waals surface area contributed by atoms with Crippen molar-refractivity contribution in [3.8, 4) is 11.8 Å². The van der Waals surface area contributed by atoms with Gasteiger partial charge >= 0.3 is 5.97 Å². The van der Waals surface area contributed by atoms with Crippen molar-refractivity contribution in [3.05, 3.63) is 35.4 Å². The van der Waals surface area contributed by atoms with Gasteiger partial charge in [0, 0.05) is 6.92 Å². The number of oxime groups is 1. The van der Waals surface area contributed by atoms with Crippen LogP contribution in [-0.4, -0.2) is 24.1 Å². The summed E-state index contributed by atoms with van der Waals surface area (Å²) in [5.41, 5.74) is 1.15. The van der Waals surface area contributed by atoms with Gasteiger partial charge in [-0.1, -0.05) is 12.1 Å². The molecule has 6 nitrogen and oxygen atoms in total. The Balaban J connectivity index is 3.14. The van der Waals surface area contributed by atoms with Gasteiger partial charge in [-0.25, -0.2) is 4.79 Å². The zero-order chi connectivity index (χ0) is 15.1. The molecular weight excluding hydrogens is 260 g/mol. The second-order valence-corrected chi connectivity index (χ2v) is 3.84. The van der Waals surface area contributed by atoms with Crippen LogP contribution in [0, 0.1) is 11.3 Å². The first-order valence-electron chi connectivity index (χ1n) is 5.70. The highest BCUT2D eigenvalue weighted by Crippen LogP contribution is 2.21. The van der Waals surface area contributed by atoms with E-state index in [0.717, 1.165) is 6.92 Å². The number of allylic oxidation sites excluding steroid dienone is 1. The Morgan fingerprint density at radius 2 is 1.90 bits per heavy atom. The highest BCUT2D eigenvalue weighted by molar-refractivity contribution is 6.03. The van der Waals surface area contributed by atoms with Crippen LogP contribution in [0.15, 0.2) is 35.0 Å². The van der Waals surface area contributed by atoms with Gasteiger partial charge in [0.05, 0.1) is 7.11 Å². The fraction of sp³-hybridized carbons (Fsp3) is 0.214. The van der Waals surface area contributed by atoms with Crippen LogP contribution in [0.4, 0.5) is 0 Å². The van der Waals surface area contributed by atoms with E-state index in [-0.39, 0.29) is 5.57 Å². The van der Waals surface area contributed by atoms with Crippen LogP contribution >= 0.6 is 0 Å². The molecule has 0 amide bonds. The number of carbonyl (C=O) groups is 1. The quantitative estimate of drug-likeness (QED) is 0.299. The van der Waals surface area contributed by atoms with Crippen molar-refractivity contribution in [3.63, 3.8) is 0 Å². The highest BCUT2D eigenvalue weighted by Gasteiger charge is 2.12. The minimum atomic E-state index is -0.684. The maximum Gasteiger partial charge on any atom is 0.332 e. The lowest BCUT2D eigenvalue weighted by atomic mass is 10.0. The summed E-state index contributed by atoms with van der Waals surface area (Å²) in [5, 5.41) is 21.9. The lowest BCUT2D eigenvalue weighted by Gasteiger charge is -2.06. The molecule has 1 rings (SSSR count). The Morgan fingerprint density at radius 3 is 2.35 bits per heavy atom. The summed E-state index contributed by atoms with van der Waals surface area (Å²) >= 11 is 0. The van der Waals surface area contributed by atoms with Gasteiger partial charge < -0.3 is 14.7 Å². The number of aliphatic hydroxyl groups excluding tert-OH is 1. The molecule has 1 aromatic carbocycles. The molecule has 0 aliphatic rings. The number of hydrogen-bond donors (Lipinski definition) is 1. The Hall–Kier alpha value is -2.81. The van der Waals surface area contributed by atoms with Crippen molar-refractivity contribution >= 4 is 17.4 Å². The molecule has 0 aliphatic carbocycles. The first-order chi connectivity index (χ1) is 9.49. The summed E-state index contributed by atoms with van der Waals surface area (Å²) < 4.78 is 5.04. The van der Waals surface area contributed by atoms with Crippen molar-refractivity contribution in [2.45, 2.75) is 13.8 Å². The summed E-state index contributed by atoms with van der Waals surface area (Å²) in [6.45, 7) is 2.79. The number of rotatable bonds is 4. The molecule has 20 heavy (non-hydrogen) atoms. The van der Waals surface area contributed by atoms with Gasteiger partial charge in [0.1, 0.15) is 17.4 Å². The SMILES string of the molecule is COc1ccc(C(C)=C(C#N)C(O)=NOC(C)=O)cc1. The van der Waals surface area contributed by atoms with E-state index >= 15 is 0 Å². The molecule has 0 heterocycles. The molecular formula is C14H14N2O4. The molecule has 0 spiro atoms. The molecule has 0 unspecified atom stereocenters. The van der Waals surface area contributed by atoms with E-state index in [0.29, 0.717) is 16.9 Å². The highest BCUT2D eigenvalue weighted by atomic mass is 16.7. The number of carbonyl (C=O) groups excluding carboxylic acids is 1. The Kier molecular flexibility index (Phi) is 5.30. The van der Waals surface area contributed by atoms with E-state index in [1.165, 1.54) is 0 Å².